The lowest BCUT2D eigenvalue weighted by molar-refractivity contribution is -0.137. The number of amides is 1. The van der Waals surface area contributed by atoms with Gasteiger partial charge in [0.15, 0.2) is 0 Å². The van der Waals surface area contributed by atoms with Crippen molar-refractivity contribution >= 4 is 27.5 Å². The number of alkyl halides is 3. The minimum Gasteiger partial charge on any atom is -0.321 e. The van der Waals surface area contributed by atoms with Gasteiger partial charge in [0.05, 0.1) is 23.0 Å². The van der Waals surface area contributed by atoms with Crippen LogP contribution in [0.4, 0.5) is 18.9 Å². The van der Waals surface area contributed by atoms with E-state index in [1.165, 1.54) is 24.4 Å². The molecule has 3 nitrogen and oxygen atoms in total. The smallest absolute Gasteiger partial charge is 0.321 e. The van der Waals surface area contributed by atoms with Crippen molar-refractivity contribution in [2.45, 2.75) is 6.18 Å². The highest BCUT2D eigenvalue weighted by molar-refractivity contribution is 9.10. The number of anilines is 1. The summed E-state index contributed by atoms with van der Waals surface area (Å²) in [6, 6.07) is 7.72. The fourth-order valence-corrected chi connectivity index (χ4v) is 1.81. The third-order valence-corrected chi connectivity index (χ3v) is 2.93. The predicted molar refractivity (Wildman–Crippen MR) is 71.3 cm³/mol. The molecule has 104 valence electrons. The van der Waals surface area contributed by atoms with E-state index in [1.54, 1.807) is 6.07 Å². The van der Waals surface area contributed by atoms with Crippen molar-refractivity contribution in [3.05, 3.63) is 58.3 Å². The summed E-state index contributed by atoms with van der Waals surface area (Å²) in [6.07, 6.45) is -3.23. The first-order valence-corrected chi connectivity index (χ1v) is 6.26. The Kier molecular flexibility index (Phi) is 4.08. The Balaban J connectivity index is 2.28. The zero-order chi connectivity index (χ0) is 14.8. The van der Waals surface area contributed by atoms with Gasteiger partial charge < -0.3 is 5.32 Å². The van der Waals surface area contributed by atoms with E-state index in [9.17, 15) is 18.0 Å². The molecular formula is C13H8BrF3N2O. The topological polar surface area (TPSA) is 42.0 Å². The van der Waals surface area contributed by atoms with Crippen molar-refractivity contribution in [1.29, 1.82) is 0 Å². The molecule has 0 aliphatic heterocycles. The predicted octanol–water partition coefficient (Wildman–Crippen LogP) is 4.12. The second-order valence-corrected chi connectivity index (χ2v) is 4.68. The lowest BCUT2D eigenvalue weighted by Crippen LogP contribution is -2.18. The highest BCUT2D eigenvalue weighted by atomic mass is 79.9. The molecule has 1 N–H and O–H groups in total. The molecule has 0 unspecified atom stereocenters. The minimum absolute atomic E-state index is 0.315. The number of hydrogen-bond acceptors (Lipinski definition) is 2. The molecule has 2 aromatic rings. The largest absolute Gasteiger partial charge is 0.417 e. The van der Waals surface area contributed by atoms with Gasteiger partial charge in [-0.25, -0.2) is 4.98 Å². The van der Waals surface area contributed by atoms with Gasteiger partial charge in [0.1, 0.15) is 4.60 Å². The first-order chi connectivity index (χ1) is 9.38. The van der Waals surface area contributed by atoms with Crippen molar-refractivity contribution in [3.8, 4) is 0 Å². The Morgan fingerprint density at radius 1 is 1.15 bits per heavy atom. The molecule has 1 heterocycles. The summed E-state index contributed by atoms with van der Waals surface area (Å²) < 4.78 is 39.0. The van der Waals surface area contributed by atoms with Gasteiger partial charge in [0, 0.05) is 0 Å². The van der Waals surface area contributed by atoms with Crippen LogP contribution in [0.3, 0.4) is 0 Å². The van der Waals surface area contributed by atoms with Crippen molar-refractivity contribution in [1.82, 2.24) is 4.98 Å². The van der Waals surface area contributed by atoms with Crippen LogP contribution in [0.25, 0.3) is 0 Å². The van der Waals surface area contributed by atoms with Gasteiger partial charge in [-0.1, -0.05) is 12.1 Å². The Morgan fingerprint density at radius 2 is 1.85 bits per heavy atom. The molecule has 0 spiro atoms. The standard InChI is InChI=1S/C13H8BrF3N2O/c14-11-6-5-8(7-18-11)19-12(20)9-3-1-2-4-10(9)13(15,16)17/h1-7H,(H,19,20). The van der Waals surface area contributed by atoms with Crippen LogP contribution in [0.2, 0.25) is 0 Å². The number of carbonyl (C=O) groups excluding carboxylic acids is 1. The SMILES string of the molecule is O=C(Nc1ccc(Br)nc1)c1ccccc1C(F)(F)F. The van der Waals surface area contributed by atoms with E-state index < -0.39 is 23.2 Å². The van der Waals surface area contributed by atoms with Gasteiger partial charge in [-0.2, -0.15) is 13.2 Å². The Hall–Kier alpha value is -1.89. The maximum atomic E-state index is 12.8. The molecule has 0 aliphatic carbocycles. The summed E-state index contributed by atoms with van der Waals surface area (Å²) in [4.78, 5) is 15.8. The molecule has 7 heteroatoms. The van der Waals surface area contributed by atoms with Crippen LogP contribution in [0.15, 0.2) is 47.2 Å². The number of aromatic nitrogens is 1. The van der Waals surface area contributed by atoms with Crippen LogP contribution >= 0.6 is 15.9 Å². The number of rotatable bonds is 2. The van der Waals surface area contributed by atoms with E-state index in [-0.39, 0.29) is 0 Å². The Morgan fingerprint density at radius 3 is 2.45 bits per heavy atom. The third kappa shape index (κ3) is 3.36. The fourth-order valence-electron chi connectivity index (χ4n) is 1.58. The third-order valence-electron chi connectivity index (χ3n) is 2.46. The molecule has 1 aromatic carbocycles. The second kappa shape index (κ2) is 5.62. The van der Waals surface area contributed by atoms with Crippen molar-refractivity contribution in [3.63, 3.8) is 0 Å². The Labute approximate surface area is 121 Å². The minimum atomic E-state index is -4.58. The molecule has 0 fully saturated rings. The maximum absolute atomic E-state index is 12.8. The van der Waals surface area contributed by atoms with Crippen molar-refractivity contribution in [2.24, 2.45) is 0 Å². The van der Waals surface area contributed by atoms with E-state index in [0.29, 0.717) is 10.3 Å². The summed E-state index contributed by atoms with van der Waals surface area (Å²) in [6.45, 7) is 0. The zero-order valence-electron chi connectivity index (χ0n) is 9.91. The second-order valence-electron chi connectivity index (χ2n) is 3.87. The summed E-state index contributed by atoms with van der Waals surface area (Å²) in [5.41, 5.74) is -1.08. The van der Waals surface area contributed by atoms with Crippen LogP contribution < -0.4 is 5.32 Å². The molecule has 20 heavy (non-hydrogen) atoms. The van der Waals surface area contributed by atoms with Crippen LogP contribution in [0, 0.1) is 0 Å². The first-order valence-electron chi connectivity index (χ1n) is 5.47. The molecule has 0 bridgehead atoms. The number of nitrogens with zero attached hydrogens (tertiary/aromatic N) is 1. The molecule has 0 saturated heterocycles. The van der Waals surface area contributed by atoms with E-state index >= 15 is 0 Å². The van der Waals surface area contributed by atoms with Gasteiger partial charge in [0.25, 0.3) is 5.91 Å². The molecule has 0 atom stereocenters. The molecule has 1 amide bonds. The zero-order valence-corrected chi connectivity index (χ0v) is 11.5. The van der Waals surface area contributed by atoms with Crippen LogP contribution in [0.5, 0.6) is 0 Å². The highest BCUT2D eigenvalue weighted by Gasteiger charge is 2.34. The summed E-state index contributed by atoms with van der Waals surface area (Å²) >= 11 is 3.12. The monoisotopic (exact) mass is 344 g/mol. The fraction of sp³-hybridized carbons (Fsp3) is 0.0769. The van der Waals surface area contributed by atoms with Gasteiger partial charge in [0.2, 0.25) is 0 Å². The average Bonchev–Trinajstić information content (AvgIpc) is 2.40. The van der Waals surface area contributed by atoms with Crippen LogP contribution in [0.1, 0.15) is 15.9 Å². The lowest BCUT2D eigenvalue weighted by Gasteiger charge is -2.12. The highest BCUT2D eigenvalue weighted by Crippen LogP contribution is 2.32. The Bertz CT molecular complexity index is 626. The molecule has 1 aromatic heterocycles. The van der Waals surface area contributed by atoms with Gasteiger partial charge in [-0.05, 0) is 40.2 Å². The number of hydrogen-bond donors (Lipinski definition) is 1. The van der Waals surface area contributed by atoms with Crippen LogP contribution in [-0.2, 0) is 6.18 Å². The number of pyridine rings is 1. The van der Waals surface area contributed by atoms with Gasteiger partial charge in [-0.15, -0.1) is 0 Å². The summed E-state index contributed by atoms with van der Waals surface area (Å²) in [7, 11) is 0. The van der Waals surface area contributed by atoms with Crippen molar-refractivity contribution in [2.75, 3.05) is 5.32 Å². The number of nitrogens with one attached hydrogen (secondary N) is 1. The number of carbonyl (C=O) groups is 1. The maximum Gasteiger partial charge on any atom is 0.417 e. The molecule has 0 aliphatic rings. The van der Waals surface area contributed by atoms with E-state index in [1.807, 2.05) is 0 Å². The van der Waals surface area contributed by atoms with Gasteiger partial charge >= 0.3 is 6.18 Å². The molecule has 2 rings (SSSR count). The molecular weight excluding hydrogens is 337 g/mol. The first kappa shape index (κ1) is 14.5. The summed E-state index contributed by atoms with van der Waals surface area (Å²) in [5.74, 6) is -0.831. The molecule has 0 radical (unpaired) electrons. The van der Waals surface area contributed by atoms with Crippen molar-refractivity contribution < 1.29 is 18.0 Å². The summed E-state index contributed by atoms with van der Waals surface area (Å²) in [5, 5.41) is 2.38. The van der Waals surface area contributed by atoms with Gasteiger partial charge in [-0.3, -0.25) is 4.79 Å². The average molecular weight is 345 g/mol. The molecule has 0 saturated carbocycles. The van der Waals surface area contributed by atoms with E-state index in [0.717, 1.165) is 12.1 Å². The number of benzene rings is 1. The quantitative estimate of drug-likeness (QED) is 0.833. The lowest BCUT2D eigenvalue weighted by atomic mass is 10.1. The normalized spacial score (nSPS) is 11.2. The van der Waals surface area contributed by atoms with E-state index in [2.05, 4.69) is 26.2 Å². The number of halogens is 4. The van der Waals surface area contributed by atoms with Crippen LogP contribution in [-0.4, -0.2) is 10.9 Å². The van der Waals surface area contributed by atoms with E-state index in [4.69, 9.17) is 0 Å².